The van der Waals surface area contributed by atoms with Crippen LogP contribution in [0.25, 0.3) is 11.3 Å². The second-order valence-corrected chi connectivity index (χ2v) is 5.35. The first-order chi connectivity index (χ1) is 8.47. The summed E-state index contributed by atoms with van der Waals surface area (Å²) in [6.07, 6.45) is 0. The zero-order chi connectivity index (χ0) is 13.4. The maximum atomic E-state index is 5.58. The Morgan fingerprint density at radius 1 is 1.17 bits per heavy atom. The molecule has 0 saturated heterocycles. The van der Waals surface area contributed by atoms with E-state index in [0.717, 1.165) is 32.7 Å². The number of aryl methyl sites for hydroxylation is 3. The van der Waals surface area contributed by atoms with Gasteiger partial charge in [0.2, 0.25) is 0 Å². The highest BCUT2D eigenvalue weighted by Crippen LogP contribution is 2.40. The first-order valence-electron chi connectivity index (χ1n) is 5.83. The van der Waals surface area contributed by atoms with Crippen molar-refractivity contribution in [3.8, 4) is 17.0 Å². The number of methoxy groups -OCH3 is 1. The lowest BCUT2D eigenvalue weighted by Gasteiger charge is -2.15. The Kier molecular flexibility index (Phi) is 3.48. The van der Waals surface area contributed by atoms with Crippen molar-refractivity contribution in [3.05, 3.63) is 32.9 Å². The second kappa shape index (κ2) is 4.76. The number of nitrogens with zero attached hydrogens (tertiary/aromatic N) is 1. The van der Waals surface area contributed by atoms with Crippen molar-refractivity contribution in [1.82, 2.24) is 10.2 Å². The Hall–Kier alpha value is -1.29. The summed E-state index contributed by atoms with van der Waals surface area (Å²) in [6, 6.07) is 2.17. The number of hydrogen-bond acceptors (Lipinski definition) is 2. The molecule has 0 saturated carbocycles. The molecule has 1 aromatic carbocycles. The molecule has 1 N–H and O–H groups in total. The Bertz CT molecular complexity index is 602. The van der Waals surface area contributed by atoms with E-state index in [4.69, 9.17) is 4.74 Å². The topological polar surface area (TPSA) is 37.9 Å². The first-order valence-corrected chi connectivity index (χ1v) is 6.62. The molecule has 4 heteroatoms. The fourth-order valence-corrected chi connectivity index (χ4v) is 2.56. The van der Waals surface area contributed by atoms with E-state index in [-0.39, 0.29) is 0 Å². The van der Waals surface area contributed by atoms with Crippen LogP contribution in [0.1, 0.15) is 22.4 Å². The van der Waals surface area contributed by atoms with Crippen molar-refractivity contribution in [2.24, 2.45) is 0 Å². The highest BCUT2D eigenvalue weighted by Gasteiger charge is 2.19. The Balaban J connectivity index is 2.78. The monoisotopic (exact) mass is 308 g/mol. The number of ether oxygens (including phenoxy) is 1. The SMILES string of the molecule is COc1c(C)c(C)cc(C)c1-c1n[nH]c(C)c1Br. The molecule has 1 heterocycles. The van der Waals surface area contributed by atoms with Crippen LogP contribution < -0.4 is 4.74 Å². The molecule has 0 fully saturated rings. The average molecular weight is 309 g/mol. The summed E-state index contributed by atoms with van der Waals surface area (Å²) in [5.74, 6) is 0.902. The number of benzene rings is 1. The van der Waals surface area contributed by atoms with Gasteiger partial charge in [0.1, 0.15) is 11.4 Å². The van der Waals surface area contributed by atoms with Crippen LogP contribution in [0.15, 0.2) is 10.5 Å². The van der Waals surface area contributed by atoms with Gasteiger partial charge in [-0.05, 0) is 60.3 Å². The lowest BCUT2D eigenvalue weighted by atomic mass is 9.97. The molecular weight excluding hydrogens is 292 g/mol. The van der Waals surface area contributed by atoms with Crippen LogP contribution in [0.2, 0.25) is 0 Å². The maximum Gasteiger partial charge on any atom is 0.131 e. The van der Waals surface area contributed by atoms with E-state index in [1.54, 1.807) is 7.11 Å². The van der Waals surface area contributed by atoms with Gasteiger partial charge in [0.15, 0.2) is 0 Å². The molecule has 2 rings (SSSR count). The van der Waals surface area contributed by atoms with Crippen molar-refractivity contribution in [3.63, 3.8) is 0 Å². The molecule has 96 valence electrons. The van der Waals surface area contributed by atoms with E-state index >= 15 is 0 Å². The molecule has 0 unspecified atom stereocenters. The van der Waals surface area contributed by atoms with Gasteiger partial charge in [-0.2, -0.15) is 5.10 Å². The summed E-state index contributed by atoms with van der Waals surface area (Å²) in [4.78, 5) is 0. The molecule has 3 nitrogen and oxygen atoms in total. The van der Waals surface area contributed by atoms with E-state index in [1.165, 1.54) is 11.1 Å². The predicted octanol–water partition coefficient (Wildman–Crippen LogP) is 4.08. The fraction of sp³-hybridized carbons (Fsp3) is 0.357. The molecule has 18 heavy (non-hydrogen) atoms. The molecular formula is C14H17BrN2O. The first kappa shape index (κ1) is 13.1. The standard InChI is InChI=1S/C14H17BrN2O/c1-7-6-8(2)11(14(18-5)9(7)3)13-12(15)10(4)16-17-13/h6H,1-5H3,(H,16,17). The third kappa shape index (κ3) is 1.94. The third-order valence-electron chi connectivity index (χ3n) is 3.30. The molecule has 0 atom stereocenters. The molecule has 0 aliphatic rings. The van der Waals surface area contributed by atoms with E-state index < -0.39 is 0 Å². The average Bonchev–Trinajstić information content (AvgIpc) is 2.65. The molecule has 0 radical (unpaired) electrons. The molecule has 2 aromatic rings. The highest BCUT2D eigenvalue weighted by molar-refractivity contribution is 9.10. The van der Waals surface area contributed by atoms with Gasteiger partial charge >= 0.3 is 0 Å². The predicted molar refractivity (Wildman–Crippen MR) is 77.2 cm³/mol. The summed E-state index contributed by atoms with van der Waals surface area (Å²) in [6.45, 7) is 8.24. The number of rotatable bonds is 2. The van der Waals surface area contributed by atoms with Gasteiger partial charge in [0.25, 0.3) is 0 Å². The molecule has 0 aliphatic heterocycles. The number of nitrogens with one attached hydrogen (secondary N) is 1. The number of hydrogen-bond donors (Lipinski definition) is 1. The van der Waals surface area contributed by atoms with E-state index in [2.05, 4.69) is 53.0 Å². The normalized spacial score (nSPS) is 10.8. The van der Waals surface area contributed by atoms with Crippen LogP contribution in [-0.4, -0.2) is 17.3 Å². The van der Waals surface area contributed by atoms with Crippen molar-refractivity contribution < 1.29 is 4.74 Å². The van der Waals surface area contributed by atoms with Gasteiger partial charge in [-0.1, -0.05) is 6.07 Å². The zero-order valence-corrected chi connectivity index (χ0v) is 12.9. The second-order valence-electron chi connectivity index (χ2n) is 4.55. The number of H-pyrrole nitrogens is 1. The number of aromatic amines is 1. The summed E-state index contributed by atoms with van der Waals surface area (Å²) in [7, 11) is 1.71. The summed E-state index contributed by atoms with van der Waals surface area (Å²) in [5, 5.41) is 7.37. The summed E-state index contributed by atoms with van der Waals surface area (Å²) < 4.78 is 6.57. The Morgan fingerprint density at radius 2 is 1.83 bits per heavy atom. The Morgan fingerprint density at radius 3 is 2.33 bits per heavy atom. The highest BCUT2D eigenvalue weighted by atomic mass is 79.9. The largest absolute Gasteiger partial charge is 0.496 e. The van der Waals surface area contributed by atoms with Crippen molar-refractivity contribution in [2.45, 2.75) is 27.7 Å². The number of aromatic nitrogens is 2. The van der Waals surface area contributed by atoms with E-state index in [1.807, 2.05) is 6.92 Å². The van der Waals surface area contributed by atoms with Crippen LogP contribution >= 0.6 is 15.9 Å². The van der Waals surface area contributed by atoms with Crippen molar-refractivity contribution >= 4 is 15.9 Å². The van der Waals surface area contributed by atoms with Crippen LogP contribution in [0.3, 0.4) is 0 Å². The minimum Gasteiger partial charge on any atom is -0.496 e. The minimum atomic E-state index is 0.902. The third-order valence-corrected chi connectivity index (χ3v) is 4.27. The lowest BCUT2D eigenvalue weighted by molar-refractivity contribution is 0.412. The van der Waals surface area contributed by atoms with Gasteiger partial charge in [0, 0.05) is 11.3 Å². The van der Waals surface area contributed by atoms with Gasteiger partial charge in [0.05, 0.1) is 11.6 Å². The van der Waals surface area contributed by atoms with Crippen LogP contribution in [-0.2, 0) is 0 Å². The molecule has 0 spiro atoms. The smallest absolute Gasteiger partial charge is 0.131 e. The van der Waals surface area contributed by atoms with Crippen LogP contribution in [0, 0.1) is 27.7 Å². The fourth-order valence-electron chi connectivity index (χ4n) is 2.18. The van der Waals surface area contributed by atoms with Gasteiger partial charge < -0.3 is 4.74 Å². The van der Waals surface area contributed by atoms with Crippen molar-refractivity contribution in [1.29, 1.82) is 0 Å². The zero-order valence-electron chi connectivity index (χ0n) is 11.3. The molecule has 0 amide bonds. The molecule has 0 bridgehead atoms. The summed E-state index contributed by atoms with van der Waals surface area (Å²) in [5.41, 5.74) is 6.54. The van der Waals surface area contributed by atoms with E-state index in [9.17, 15) is 0 Å². The Labute approximate surface area is 116 Å². The minimum absolute atomic E-state index is 0.902. The van der Waals surface area contributed by atoms with Gasteiger partial charge in [-0.15, -0.1) is 0 Å². The maximum absolute atomic E-state index is 5.58. The lowest BCUT2D eigenvalue weighted by Crippen LogP contribution is -1.97. The van der Waals surface area contributed by atoms with E-state index in [0.29, 0.717) is 0 Å². The van der Waals surface area contributed by atoms with Gasteiger partial charge in [-0.3, -0.25) is 5.10 Å². The molecule has 0 aliphatic carbocycles. The number of halogens is 1. The van der Waals surface area contributed by atoms with Gasteiger partial charge in [-0.25, -0.2) is 0 Å². The van der Waals surface area contributed by atoms with Crippen molar-refractivity contribution in [2.75, 3.05) is 7.11 Å². The quantitative estimate of drug-likeness (QED) is 0.907. The van der Waals surface area contributed by atoms with Crippen LogP contribution in [0.5, 0.6) is 5.75 Å². The van der Waals surface area contributed by atoms with Crippen LogP contribution in [0.4, 0.5) is 0 Å². The molecule has 1 aromatic heterocycles. The summed E-state index contributed by atoms with van der Waals surface area (Å²) >= 11 is 3.58.